The highest BCUT2D eigenvalue weighted by atomic mass is 16.5. The molecule has 5 heteroatoms. The zero-order chi connectivity index (χ0) is 16.6. The van der Waals surface area contributed by atoms with Crippen LogP contribution in [0.1, 0.15) is 39.2 Å². The summed E-state index contributed by atoms with van der Waals surface area (Å²) in [4.78, 5) is 11.7. The number of hydrogen-bond donors (Lipinski definition) is 1. The van der Waals surface area contributed by atoms with Crippen LogP contribution in [0.15, 0.2) is 18.2 Å². The normalized spacial score (nSPS) is 11.3. The van der Waals surface area contributed by atoms with E-state index < -0.39 is 5.41 Å². The Morgan fingerprint density at radius 1 is 1.27 bits per heavy atom. The van der Waals surface area contributed by atoms with Crippen LogP contribution in [-0.4, -0.2) is 38.0 Å². The van der Waals surface area contributed by atoms with Gasteiger partial charge in [-0.05, 0) is 24.6 Å². The Morgan fingerprint density at radius 3 is 2.64 bits per heavy atom. The molecular weight excluding hydrogens is 284 g/mol. The van der Waals surface area contributed by atoms with Crippen molar-refractivity contribution in [3.63, 3.8) is 0 Å². The fourth-order valence-corrected chi connectivity index (χ4v) is 2.11. The maximum atomic E-state index is 11.7. The van der Waals surface area contributed by atoms with E-state index in [9.17, 15) is 9.90 Å². The number of aromatic hydroxyl groups is 1. The van der Waals surface area contributed by atoms with Gasteiger partial charge in [0.1, 0.15) is 0 Å². The quantitative estimate of drug-likeness (QED) is 0.561. The van der Waals surface area contributed by atoms with Crippen LogP contribution in [-0.2, 0) is 19.7 Å². The summed E-state index contributed by atoms with van der Waals surface area (Å²) in [6.45, 7) is 7.16. The largest absolute Gasteiger partial charge is 0.504 e. The first-order chi connectivity index (χ1) is 10.4. The lowest BCUT2D eigenvalue weighted by atomic mass is 9.81. The Morgan fingerprint density at radius 2 is 2.00 bits per heavy atom. The summed E-state index contributed by atoms with van der Waals surface area (Å²) < 4.78 is 15.6. The highest BCUT2D eigenvalue weighted by Crippen LogP contribution is 2.34. The molecule has 0 fully saturated rings. The van der Waals surface area contributed by atoms with Gasteiger partial charge >= 0.3 is 5.97 Å². The molecule has 0 saturated heterocycles. The lowest BCUT2D eigenvalue weighted by Crippen LogP contribution is -2.23. The Bertz CT molecular complexity index is 482. The van der Waals surface area contributed by atoms with E-state index in [1.165, 1.54) is 0 Å². The zero-order valence-electron chi connectivity index (χ0n) is 13.8. The molecule has 0 aliphatic rings. The van der Waals surface area contributed by atoms with Crippen molar-refractivity contribution < 1.29 is 24.1 Å². The third kappa shape index (κ3) is 5.56. The minimum absolute atomic E-state index is 0.0908. The lowest BCUT2D eigenvalue weighted by molar-refractivity contribution is -0.144. The molecule has 0 radical (unpaired) electrons. The zero-order valence-corrected chi connectivity index (χ0v) is 13.8. The van der Waals surface area contributed by atoms with Crippen molar-refractivity contribution in [2.75, 3.05) is 26.9 Å². The van der Waals surface area contributed by atoms with Gasteiger partial charge in [0.15, 0.2) is 11.5 Å². The molecule has 1 N–H and O–H groups in total. The molecule has 0 heterocycles. The third-order valence-electron chi connectivity index (χ3n) is 3.38. The standard InChI is InChI=1S/C17H26O5/c1-5-21-16(19)12-17(2,3)13-7-8-14(18)15(11-13)22-10-6-9-20-4/h7-8,11,18H,5-6,9-10,12H2,1-4H3. The first-order valence-corrected chi connectivity index (χ1v) is 7.51. The van der Waals surface area contributed by atoms with Gasteiger partial charge in [0.05, 0.1) is 19.6 Å². The highest BCUT2D eigenvalue weighted by molar-refractivity contribution is 5.71. The molecule has 124 valence electrons. The molecule has 1 aromatic carbocycles. The number of carbonyl (C=O) groups excluding carboxylic acids is 1. The Kier molecular flexibility index (Phi) is 7.18. The number of methoxy groups -OCH3 is 1. The number of rotatable bonds is 9. The summed E-state index contributed by atoms with van der Waals surface area (Å²) in [6, 6.07) is 5.17. The van der Waals surface area contributed by atoms with Crippen LogP contribution < -0.4 is 4.74 Å². The van der Waals surface area contributed by atoms with E-state index >= 15 is 0 Å². The van der Waals surface area contributed by atoms with Gasteiger partial charge in [-0.2, -0.15) is 0 Å². The molecule has 0 atom stereocenters. The first-order valence-electron chi connectivity index (χ1n) is 7.51. The van der Waals surface area contributed by atoms with Crippen LogP contribution in [0.25, 0.3) is 0 Å². The number of phenols is 1. The molecule has 1 aromatic rings. The Hall–Kier alpha value is -1.75. The molecule has 0 spiro atoms. The average Bonchev–Trinajstić information content (AvgIpc) is 2.44. The van der Waals surface area contributed by atoms with Crippen molar-refractivity contribution >= 4 is 5.97 Å². The van der Waals surface area contributed by atoms with Crippen molar-refractivity contribution in [3.05, 3.63) is 23.8 Å². The summed E-state index contributed by atoms with van der Waals surface area (Å²) in [7, 11) is 1.63. The molecule has 0 aliphatic heterocycles. The number of esters is 1. The second-order valence-electron chi connectivity index (χ2n) is 5.74. The van der Waals surface area contributed by atoms with E-state index in [0.717, 1.165) is 12.0 Å². The molecule has 5 nitrogen and oxygen atoms in total. The topological polar surface area (TPSA) is 65.0 Å². The molecule has 0 amide bonds. The number of phenolic OH excluding ortho intramolecular Hbond substituents is 1. The molecular formula is C17H26O5. The first kappa shape index (κ1) is 18.3. The molecule has 0 aliphatic carbocycles. The number of hydrogen-bond acceptors (Lipinski definition) is 5. The Labute approximate surface area is 132 Å². The fourth-order valence-electron chi connectivity index (χ4n) is 2.11. The SMILES string of the molecule is CCOC(=O)CC(C)(C)c1ccc(O)c(OCCCOC)c1. The summed E-state index contributed by atoms with van der Waals surface area (Å²) >= 11 is 0. The molecule has 0 saturated carbocycles. The van der Waals surface area contributed by atoms with Crippen molar-refractivity contribution in [2.24, 2.45) is 0 Å². The van der Waals surface area contributed by atoms with Crippen LogP contribution in [0, 0.1) is 0 Å². The van der Waals surface area contributed by atoms with Gasteiger partial charge in [-0.3, -0.25) is 4.79 Å². The van der Waals surface area contributed by atoms with Crippen LogP contribution in [0.3, 0.4) is 0 Å². The van der Waals surface area contributed by atoms with E-state index in [2.05, 4.69) is 0 Å². The van der Waals surface area contributed by atoms with Gasteiger partial charge in [0.25, 0.3) is 0 Å². The molecule has 0 bridgehead atoms. The van der Waals surface area contributed by atoms with Gasteiger partial charge in [0.2, 0.25) is 0 Å². The lowest BCUT2D eigenvalue weighted by Gasteiger charge is -2.25. The van der Waals surface area contributed by atoms with Gasteiger partial charge in [0, 0.05) is 25.6 Å². The van der Waals surface area contributed by atoms with Gasteiger partial charge in [-0.15, -0.1) is 0 Å². The number of benzene rings is 1. The second-order valence-corrected chi connectivity index (χ2v) is 5.74. The van der Waals surface area contributed by atoms with E-state index in [1.807, 2.05) is 13.8 Å². The van der Waals surface area contributed by atoms with Crippen molar-refractivity contribution in [2.45, 2.75) is 39.0 Å². The second kappa shape index (κ2) is 8.63. The van der Waals surface area contributed by atoms with E-state index in [-0.39, 0.29) is 18.1 Å². The third-order valence-corrected chi connectivity index (χ3v) is 3.38. The van der Waals surface area contributed by atoms with Crippen molar-refractivity contribution in [1.29, 1.82) is 0 Å². The summed E-state index contributed by atoms with van der Waals surface area (Å²) in [6.07, 6.45) is 1.01. The minimum atomic E-state index is -0.398. The van der Waals surface area contributed by atoms with Gasteiger partial charge < -0.3 is 19.3 Å². The van der Waals surface area contributed by atoms with Crippen LogP contribution in [0.5, 0.6) is 11.5 Å². The van der Waals surface area contributed by atoms with Crippen LogP contribution >= 0.6 is 0 Å². The summed E-state index contributed by atoms with van der Waals surface area (Å²) in [5.74, 6) is 0.279. The monoisotopic (exact) mass is 310 g/mol. The minimum Gasteiger partial charge on any atom is -0.504 e. The maximum Gasteiger partial charge on any atom is 0.306 e. The maximum absolute atomic E-state index is 11.7. The summed E-state index contributed by atoms with van der Waals surface area (Å²) in [5, 5.41) is 9.88. The van der Waals surface area contributed by atoms with E-state index in [0.29, 0.717) is 25.6 Å². The number of ether oxygens (including phenoxy) is 3. The van der Waals surface area contributed by atoms with E-state index in [4.69, 9.17) is 14.2 Å². The van der Waals surface area contributed by atoms with E-state index in [1.54, 1.807) is 32.2 Å². The molecule has 0 unspecified atom stereocenters. The average molecular weight is 310 g/mol. The van der Waals surface area contributed by atoms with Crippen molar-refractivity contribution in [3.8, 4) is 11.5 Å². The highest BCUT2D eigenvalue weighted by Gasteiger charge is 2.26. The van der Waals surface area contributed by atoms with Crippen LogP contribution in [0.4, 0.5) is 0 Å². The smallest absolute Gasteiger partial charge is 0.306 e. The predicted octanol–water partition coefficient (Wildman–Crippen LogP) is 3.04. The van der Waals surface area contributed by atoms with Crippen molar-refractivity contribution in [1.82, 2.24) is 0 Å². The summed E-state index contributed by atoms with van der Waals surface area (Å²) in [5.41, 5.74) is 0.519. The van der Waals surface area contributed by atoms with Gasteiger partial charge in [-0.1, -0.05) is 19.9 Å². The Balaban J connectivity index is 2.79. The number of carbonyl (C=O) groups is 1. The predicted molar refractivity (Wildman–Crippen MR) is 84.4 cm³/mol. The fraction of sp³-hybridized carbons (Fsp3) is 0.588. The molecule has 0 aromatic heterocycles. The molecule has 22 heavy (non-hydrogen) atoms. The van der Waals surface area contributed by atoms with Crippen LogP contribution in [0.2, 0.25) is 0 Å². The molecule has 1 rings (SSSR count). The van der Waals surface area contributed by atoms with Gasteiger partial charge in [-0.25, -0.2) is 0 Å².